The monoisotopic (exact) mass is 310 g/mol. The third-order valence-corrected chi connectivity index (χ3v) is 3.77. The summed E-state index contributed by atoms with van der Waals surface area (Å²) in [6.07, 6.45) is 6.95. The first-order chi connectivity index (χ1) is 8.74. The van der Waals surface area contributed by atoms with Crippen LogP contribution in [0.4, 0.5) is 0 Å². The number of rotatable bonds is 3. The van der Waals surface area contributed by atoms with E-state index in [-0.39, 0.29) is 6.10 Å². The summed E-state index contributed by atoms with van der Waals surface area (Å²) in [5.41, 5.74) is 2.00. The third-order valence-electron chi connectivity index (χ3n) is 3.36. The topological polar surface area (TPSA) is 51.5 Å². The Kier molecular flexibility index (Phi) is 3.32. The molecule has 3 heterocycles. The van der Waals surface area contributed by atoms with E-state index in [0.29, 0.717) is 6.04 Å². The van der Waals surface area contributed by atoms with Crippen LogP contribution >= 0.6 is 15.9 Å². The molecule has 6 heteroatoms. The van der Waals surface area contributed by atoms with Crippen LogP contribution in [0.5, 0.6) is 0 Å². The highest BCUT2D eigenvalue weighted by Gasteiger charge is 2.23. The summed E-state index contributed by atoms with van der Waals surface area (Å²) in [5.74, 6) is 0. The number of fused-ring (bicyclic) bond motifs is 1. The van der Waals surface area contributed by atoms with Crippen LogP contribution in [0.3, 0.4) is 0 Å². The minimum Gasteiger partial charge on any atom is -0.377 e. The number of nitrogens with one attached hydrogen (secondary N) is 1. The molecule has 96 valence electrons. The maximum absolute atomic E-state index is 5.54. The molecule has 0 amide bonds. The molecule has 0 spiro atoms. The molecular weight excluding hydrogens is 296 g/mol. The Morgan fingerprint density at radius 3 is 3.17 bits per heavy atom. The fraction of sp³-hybridized carbons (Fsp3) is 0.500. The Morgan fingerprint density at radius 2 is 2.39 bits per heavy atom. The van der Waals surface area contributed by atoms with Crippen LogP contribution in [0.1, 0.15) is 19.0 Å². The van der Waals surface area contributed by atoms with Crippen LogP contribution in [0.25, 0.3) is 5.65 Å². The average Bonchev–Trinajstić information content (AvgIpc) is 2.93. The zero-order chi connectivity index (χ0) is 12.5. The quantitative estimate of drug-likeness (QED) is 0.938. The van der Waals surface area contributed by atoms with Crippen molar-refractivity contribution in [3.63, 3.8) is 0 Å². The number of imidazole rings is 1. The Balaban J connectivity index is 1.76. The van der Waals surface area contributed by atoms with Crippen molar-refractivity contribution in [1.29, 1.82) is 0 Å². The van der Waals surface area contributed by atoms with E-state index in [2.05, 4.69) is 38.1 Å². The van der Waals surface area contributed by atoms with Crippen LogP contribution in [0.15, 0.2) is 23.2 Å². The number of nitrogens with zero attached hydrogens (tertiary/aromatic N) is 3. The summed E-state index contributed by atoms with van der Waals surface area (Å²) in [5, 5.41) is 3.52. The zero-order valence-corrected chi connectivity index (χ0v) is 11.7. The Labute approximate surface area is 114 Å². The zero-order valence-electron chi connectivity index (χ0n) is 10.1. The van der Waals surface area contributed by atoms with Crippen molar-refractivity contribution in [2.24, 2.45) is 0 Å². The largest absolute Gasteiger partial charge is 0.377 e. The lowest BCUT2D eigenvalue weighted by atomic mass is 10.1. The van der Waals surface area contributed by atoms with Gasteiger partial charge in [0.15, 0.2) is 5.65 Å². The van der Waals surface area contributed by atoms with Gasteiger partial charge in [-0.3, -0.25) is 4.40 Å². The van der Waals surface area contributed by atoms with Gasteiger partial charge in [0.2, 0.25) is 0 Å². The molecule has 1 fully saturated rings. The molecule has 2 aromatic rings. The van der Waals surface area contributed by atoms with E-state index < -0.39 is 0 Å². The average molecular weight is 311 g/mol. The number of hydrogen-bond donors (Lipinski definition) is 1. The normalized spacial score (nSPS) is 23.9. The molecule has 0 bridgehead atoms. The van der Waals surface area contributed by atoms with Crippen molar-refractivity contribution in [2.75, 3.05) is 6.61 Å². The van der Waals surface area contributed by atoms with E-state index in [0.717, 1.165) is 35.5 Å². The van der Waals surface area contributed by atoms with Crippen molar-refractivity contribution < 1.29 is 4.74 Å². The molecule has 2 unspecified atom stereocenters. The fourth-order valence-corrected chi connectivity index (χ4v) is 2.59. The van der Waals surface area contributed by atoms with Crippen LogP contribution in [-0.4, -0.2) is 33.1 Å². The second-order valence-corrected chi connectivity index (χ2v) is 5.35. The standard InChI is InChI=1S/C12H15BrN4O/c1-8-10(2-3-18-8)14-4-9-5-16-12-6-15-11(13)7-17(9)12/h5-8,10,14H,2-4H2,1H3. The van der Waals surface area contributed by atoms with E-state index in [4.69, 9.17) is 4.74 Å². The van der Waals surface area contributed by atoms with Gasteiger partial charge in [-0.05, 0) is 29.3 Å². The Hall–Kier alpha value is -0.980. The summed E-state index contributed by atoms with van der Waals surface area (Å²) in [7, 11) is 0. The minimum atomic E-state index is 0.289. The molecule has 3 rings (SSSR count). The molecule has 2 atom stereocenters. The van der Waals surface area contributed by atoms with Crippen LogP contribution in [0.2, 0.25) is 0 Å². The van der Waals surface area contributed by atoms with Gasteiger partial charge in [-0.2, -0.15) is 0 Å². The van der Waals surface area contributed by atoms with E-state index in [1.165, 1.54) is 0 Å². The van der Waals surface area contributed by atoms with Crippen molar-refractivity contribution in [3.8, 4) is 0 Å². The van der Waals surface area contributed by atoms with E-state index in [1.54, 1.807) is 6.20 Å². The predicted octanol–water partition coefficient (Wildman–Crippen LogP) is 1.76. The Morgan fingerprint density at radius 1 is 1.50 bits per heavy atom. The van der Waals surface area contributed by atoms with Gasteiger partial charge in [-0.1, -0.05) is 0 Å². The molecule has 0 aliphatic carbocycles. The number of hydrogen-bond acceptors (Lipinski definition) is 4. The van der Waals surface area contributed by atoms with Crippen LogP contribution in [-0.2, 0) is 11.3 Å². The number of aromatic nitrogens is 3. The predicted molar refractivity (Wildman–Crippen MR) is 71.3 cm³/mol. The van der Waals surface area contributed by atoms with Gasteiger partial charge in [0.1, 0.15) is 4.60 Å². The van der Waals surface area contributed by atoms with E-state index in [1.807, 2.05) is 16.8 Å². The highest BCUT2D eigenvalue weighted by Crippen LogP contribution is 2.14. The molecular formula is C12H15BrN4O. The van der Waals surface area contributed by atoms with E-state index in [9.17, 15) is 0 Å². The Bertz CT molecular complexity index is 556. The summed E-state index contributed by atoms with van der Waals surface area (Å²) in [6, 6.07) is 0.431. The molecule has 1 saturated heterocycles. The van der Waals surface area contributed by atoms with Crippen molar-refractivity contribution in [3.05, 3.63) is 28.9 Å². The highest BCUT2D eigenvalue weighted by atomic mass is 79.9. The van der Waals surface area contributed by atoms with Gasteiger partial charge in [0, 0.05) is 25.4 Å². The molecule has 5 nitrogen and oxygen atoms in total. The summed E-state index contributed by atoms with van der Waals surface area (Å²) in [4.78, 5) is 8.50. The first-order valence-corrected chi connectivity index (χ1v) is 6.86. The summed E-state index contributed by atoms with van der Waals surface area (Å²) < 4.78 is 8.40. The minimum absolute atomic E-state index is 0.289. The second kappa shape index (κ2) is 4.95. The van der Waals surface area contributed by atoms with E-state index >= 15 is 0 Å². The van der Waals surface area contributed by atoms with Crippen molar-refractivity contribution in [2.45, 2.75) is 32.0 Å². The van der Waals surface area contributed by atoms with Gasteiger partial charge in [0.25, 0.3) is 0 Å². The molecule has 0 aromatic carbocycles. The van der Waals surface area contributed by atoms with Gasteiger partial charge >= 0.3 is 0 Å². The lowest BCUT2D eigenvalue weighted by Gasteiger charge is -2.15. The maximum Gasteiger partial charge on any atom is 0.155 e. The second-order valence-electron chi connectivity index (χ2n) is 4.54. The van der Waals surface area contributed by atoms with Gasteiger partial charge in [0.05, 0.1) is 24.2 Å². The van der Waals surface area contributed by atoms with Crippen LogP contribution in [0, 0.1) is 0 Å². The van der Waals surface area contributed by atoms with Gasteiger partial charge in [-0.25, -0.2) is 9.97 Å². The molecule has 1 N–H and O–H groups in total. The lowest BCUT2D eigenvalue weighted by Crippen LogP contribution is -2.34. The van der Waals surface area contributed by atoms with Crippen molar-refractivity contribution >= 4 is 21.6 Å². The first kappa shape index (κ1) is 12.1. The molecule has 0 radical (unpaired) electrons. The van der Waals surface area contributed by atoms with Gasteiger partial charge < -0.3 is 10.1 Å². The molecule has 18 heavy (non-hydrogen) atoms. The molecule has 1 aliphatic rings. The van der Waals surface area contributed by atoms with Crippen molar-refractivity contribution in [1.82, 2.24) is 19.7 Å². The SMILES string of the molecule is CC1OCCC1NCc1cnc2cnc(Br)cn12. The first-order valence-electron chi connectivity index (χ1n) is 6.06. The lowest BCUT2D eigenvalue weighted by molar-refractivity contribution is 0.113. The fourth-order valence-electron chi connectivity index (χ4n) is 2.28. The summed E-state index contributed by atoms with van der Waals surface area (Å²) in [6.45, 7) is 3.75. The molecule has 2 aromatic heterocycles. The van der Waals surface area contributed by atoms with Crippen LogP contribution < -0.4 is 5.32 Å². The molecule has 1 aliphatic heterocycles. The smallest absolute Gasteiger partial charge is 0.155 e. The number of halogens is 1. The summed E-state index contributed by atoms with van der Waals surface area (Å²) >= 11 is 3.38. The highest BCUT2D eigenvalue weighted by molar-refractivity contribution is 9.10. The number of ether oxygens (including phenoxy) is 1. The van der Waals surface area contributed by atoms with Gasteiger partial charge in [-0.15, -0.1) is 0 Å². The maximum atomic E-state index is 5.54. The third kappa shape index (κ3) is 2.28. The molecule has 0 saturated carbocycles.